The maximum atomic E-state index is 5.16. The first-order valence-corrected chi connectivity index (χ1v) is 15.1. The number of imidazole rings is 1. The van der Waals surface area contributed by atoms with Gasteiger partial charge < -0.3 is 0 Å². The van der Waals surface area contributed by atoms with E-state index in [1.165, 1.54) is 49.0 Å². The summed E-state index contributed by atoms with van der Waals surface area (Å²) < 4.78 is 2.10. The number of nitrogens with zero attached hydrogens (tertiary/aromatic N) is 4. The van der Waals surface area contributed by atoms with Gasteiger partial charge in [0.25, 0.3) is 0 Å². The zero-order valence-corrected chi connectivity index (χ0v) is 24.3. The van der Waals surface area contributed by atoms with E-state index in [4.69, 9.17) is 4.98 Å². The largest absolute Gasteiger partial charge is 0.275 e. The monoisotopic (exact) mass is 574 g/mol. The van der Waals surface area contributed by atoms with E-state index < -0.39 is 0 Å². The first-order valence-electron chi connectivity index (χ1n) is 15.1. The van der Waals surface area contributed by atoms with Gasteiger partial charge in [-0.3, -0.25) is 9.55 Å². The van der Waals surface area contributed by atoms with Gasteiger partial charge in [-0.05, 0) is 97.0 Å². The van der Waals surface area contributed by atoms with Crippen molar-refractivity contribution >= 4 is 43.4 Å². The number of aromatic nitrogens is 4. The molecule has 0 unspecified atom stereocenters. The molecule has 0 saturated carbocycles. The van der Waals surface area contributed by atoms with Crippen molar-refractivity contribution in [2.24, 2.45) is 0 Å². The third-order valence-corrected chi connectivity index (χ3v) is 8.69. The molecule has 0 spiro atoms. The Morgan fingerprint density at radius 3 is 1.67 bits per heavy atom. The number of hydrogen-bond donors (Lipinski definition) is 0. The molecule has 3 aromatic heterocycles. The van der Waals surface area contributed by atoms with Crippen LogP contribution in [0.1, 0.15) is 0 Å². The molecule has 3 heterocycles. The van der Waals surface area contributed by atoms with Crippen LogP contribution >= 0.6 is 0 Å². The highest BCUT2D eigenvalue weighted by atomic mass is 15.1. The summed E-state index contributed by atoms with van der Waals surface area (Å²) in [5, 5.41) is 7.38. The van der Waals surface area contributed by atoms with Gasteiger partial charge in [0.1, 0.15) is 11.5 Å². The van der Waals surface area contributed by atoms with Gasteiger partial charge in [0, 0.05) is 12.4 Å². The molecule has 0 aliphatic carbocycles. The third-order valence-electron chi connectivity index (χ3n) is 8.69. The Morgan fingerprint density at radius 1 is 0.444 bits per heavy atom. The second-order valence-corrected chi connectivity index (χ2v) is 11.3. The van der Waals surface area contributed by atoms with Gasteiger partial charge in [-0.2, -0.15) is 0 Å². The molecule has 0 bridgehead atoms. The summed E-state index contributed by atoms with van der Waals surface area (Å²) in [5.74, 6) is 1.58. The van der Waals surface area contributed by atoms with E-state index in [0.29, 0.717) is 0 Å². The van der Waals surface area contributed by atoms with Crippen LogP contribution in [0, 0.1) is 0 Å². The van der Waals surface area contributed by atoms with Crippen molar-refractivity contribution in [3.05, 3.63) is 158 Å². The normalized spacial score (nSPS) is 11.6. The Labute approximate surface area is 259 Å². The lowest BCUT2D eigenvalue weighted by Gasteiger charge is -2.18. The van der Waals surface area contributed by atoms with Crippen molar-refractivity contribution in [1.29, 1.82) is 0 Å². The average Bonchev–Trinajstić information content (AvgIpc) is 3.50. The fourth-order valence-electron chi connectivity index (χ4n) is 6.72. The van der Waals surface area contributed by atoms with Crippen LogP contribution in [0.3, 0.4) is 0 Å². The maximum absolute atomic E-state index is 5.16. The predicted molar refractivity (Wildman–Crippen MR) is 185 cm³/mol. The van der Waals surface area contributed by atoms with Crippen LogP contribution in [-0.4, -0.2) is 19.5 Å². The van der Waals surface area contributed by atoms with Crippen LogP contribution in [-0.2, 0) is 0 Å². The summed E-state index contributed by atoms with van der Waals surface area (Å²) >= 11 is 0. The molecule has 45 heavy (non-hydrogen) atoms. The summed E-state index contributed by atoms with van der Waals surface area (Å²) in [7, 11) is 0. The van der Waals surface area contributed by atoms with E-state index in [2.05, 4.69) is 124 Å². The van der Waals surface area contributed by atoms with Crippen molar-refractivity contribution in [1.82, 2.24) is 19.5 Å². The summed E-state index contributed by atoms with van der Waals surface area (Å²) in [6.07, 6.45) is 3.62. The number of rotatable bonds is 4. The summed E-state index contributed by atoms with van der Waals surface area (Å²) in [6.45, 7) is 0. The Morgan fingerprint density at radius 2 is 1.02 bits per heavy atom. The van der Waals surface area contributed by atoms with Crippen molar-refractivity contribution in [2.45, 2.75) is 0 Å². The zero-order valence-electron chi connectivity index (χ0n) is 24.3. The average molecular weight is 575 g/mol. The quantitative estimate of drug-likeness (QED) is 0.196. The van der Waals surface area contributed by atoms with Crippen LogP contribution in [0.25, 0.3) is 82.9 Å². The van der Waals surface area contributed by atoms with Crippen molar-refractivity contribution in [3.8, 4) is 39.6 Å². The summed E-state index contributed by atoms with van der Waals surface area (Å²) in [5.41, 5.74) is 7.49. The Bertz CT molecular complexity index is 2480. The molecule has 9 rings (SSSR count). The van der Waals surface area contributed by atoms with E-state index in [0.717, 1.165) is 33.9 Å². The molecule has 0 N–H and O–H groups in total. The topological polar surface area (TPSA) is 43.6 Å². The van der Waals surface area contributed by atoms with Crippen molar-refractivity contribution in [3.63, 3.8) is 0 Å². The second kappa shape index (κ2) is 10.2. The molecular formula is C41H26N4. The highest BCUT2D eigenvalue weighted by Crippen LogP contribution is 2.44. The summed E-state index contributed by atoms with van der Waals surface area (Å²) in [6, 6.07) is 51.4. The van der Waals surface area contributed by atoms with E-state index in [9.17, 15) is 0 Å². The maximum Gasteiger partial charge on any atom is 0.165 e. The van der Waals surface area contributed by atoms with Gasteiger partial charge in [0.05, 0.1) is 11.0 Å². The molecule has 0 fully saturated rings. The fraction of sp³-hybridized carbons (Fsp3) is 0. The Kier molecular flexibility index (Phi) is 5.78. The first-order chi connectivity index (χ1) is 22.3. The van der Waals surface area contributed by atoms with Gasteiger partial charge in [0.2, 0.25) is 0 Å². The number of pyridine rings is 2. The minimum atomic E-state index is 0.766. The van der Waals surface area contributed by atoms with Crippen LogP contribution in [0.15, 0.2) is 158 Å². The molecule has 0 radical (unpaired) electrons. The predicted octanol–water partition coefficient (Wildman–Crippen LogP) is 10.3. The molecule has 9 aromatic rings. The molecule has 0 aliphatic heterocycles. The molecular weight excluding hydrogens is 548 g/mol. The standard InChI is InChI=1S/C41H26N4/c1-2-12-28-25-29(20-19-27(28)11-1)39-31-13-3-5-15-33(31)40(34-16-6-4-14-32(34)39)30-21-22-37-36(26-30)44-41(35-17-7-9-23-42-35)45(37)38-18-8-10-24-43-38/h1-26H. The second-order valence-electron chi connectivity index (χ2n) is 11.3. The van der Waals surface area contributed by atoms with Crippen LogP contribution in [0.5, 0.6) is 0 Å². The van der Waals surface area contributed by atoms with Crippen molar-refractivity contribution < 1.29 is 0 Å². The van der Waals surface area contributed by atoms with Gasteiger partial charge in [-0.25, -0.2) is 9.97 Å². The highest BCUT2D eigenvalue weighted by molar-refractivity contribution is 6.22. The van der Waals surface area contributed by atoms with Gasteiger partial charge in [-0.15, -0.1) is 0 Å². The molecule has 6 aromatic carbocycles. The molecule has 0 saturated heterocycles. The summed E-state index contributed by atoms with van der Waals surface area (Å²) in [4.78, 5) is 14.5. The molecule has 4 nitrogen and oxygen atoms in total. The Hall–Kier alpha value is -6.13. The van der Waals surface area contributed by atoms with Gasteiger partial charge in [0.15, 0.2) is 5.82 Å². The SMILES string of the molecule is c1ccc(-c2nc3cc(-c4c5ccccc5c(-c5ccc6ccccc6c5)c5ccccc45)ccc3n2-c2ccccn2)nc1. The molecule has 0 aliphatic rings. The highest BCUT2D eigenvalue weighted by Gasteiger charge is 2.20. The lowest BCUT2D eigenvalue weighted by molar-refractivity contribution is 1.02. The van der Waals surface area contributed by atoms with Crippen molar-refractivity contribution in [2.75, 3.05) is 0 Å². The first kappa shape index (κ1) is 25.4. The van der Waals surface area contributed by atoms with Crippen LogP contribution in [0.2, 0.25) is 0 Å². The van der Waals surface area contributed by atoms with Gasteiger partial charge >= 0.3 is 0 Å². The van der Waals surface area contributed by atoms with E-state index in [1.807, 2.05) is 42.6 Å². The van der Waals surface area contributed by atoms with Gasteiger partial charge in [-0.1, -0.05) is 103 Å². The lowest BCUT2D eigenvalue weighted by Crippen LogP contribution is -2.00. The lowest BCUT2D eigenvalue weighted by atomic mass is 9.85. The van der Waals surface area contributed by atoms with E-state index >= 15 is 0 Å². The van der Waals surface area contributed by atoms with Crippen LogP contribution < -0.4 is 0 Å². The minimum Gasteiger partial charge on any atom is -0.275 e. The molecule has 4 heteroatoms. The minimum absolute atomic E-state index is 0.766. The number of hydrogen-bond acceptors (Lipinski definition) is 3. The third kappa shape index (κ3) is 4.11. The van der Waals surface area contributed by atoms with Crippen LogP contribution in [0.4, 0.5) is 0 Å². The molecule has 0 amide bonds. The number of fused-ring (bicyclic) bond motifs is 4. The number of benzene rings is 6. The Balaban J connectivity index is 1.32. The molecule has 210 valence electrons. The van der Waals surface area contributed by atoms with E-state index in [1.54, 1.807) is 6.20 Å². The smallest absolute Gasteiger partial charge is 0.165 e. The molecule has 0 atom stereocenters. The zero-order chi connectivity index (χ0) is 29.7. The fourth-order valence-corrected chi connectivity index (χ4v) is 6.72. The van der Waals surface area contributed by atoms with E-state index in [-0.39, 0.29) is 0 Å².